The number of ketones is 1. The predicted molar refractivity (Wildman–Crippen MR) is 89.3 cm³/mol. The zero-order valence-electron chi connectivity index (χ0n) is 12.5. The Bertz CT molecular complexity index is 939. The lowest BCUT2D eigenvalue weighted by Crippen LogP contribution is -2.16. The molecule has 2 heterocycles. The van der Waals surface area contributed by atoms with Crippen molar-refractivity contribution in [3.8, 4) is 11.1 Å². The van der Waals surface area contributed by atoms with E-state index >= 15 is 0 Å². The SMILES string of the molecule is O=C1CCC(c2ccc(-c3ccc4cc[nH]c4c3)c(F)c2)=NC1. The first-order valence-electron chi connectivity index (χ1n) is 7.63. The molecule has 1 aromatic heterocycles. The molecule has 0 fully saturated rings. The Hall–Kier alpha value is -2.75. The summed E-state index contributed by atoms with van der Waals surface area (Å²) in [5.74, 6) is -0.127. The van der Waals surface area contributed by atoms with Gasteiger partial charge < -0.3 is 4.98 Å². The Kier molecular flexibility index (Phi) is 3.30. The molecule has 0 radical (unpaired) electrons. The molecule has 3 nitrogen and oxygen atoms in total. The highest BCUT2D eigenvalue weighted by Gasteiger charge is 2.15. The van der Waals surface area contributed by atoms with Gasteiger partial charge in [0.1, 0.15) is 5.82 Å². The van der Waals surface area contributed by atoms with E-state index < -0.39 is 0 Å². The van der Waals surface area contributed by atoms with E-state index in [0.717, 1.165) is 27.7 Å². The Morgan fingerprint density at radius 3 is 2.65 bits per heavy atom. The lowest BCUT2D eigenvalue weighted by molar-refractivity contribution is -0.117. The third-order valence-electron chi connectivity index (χ3n) is 4.26. The van der Waals surface area contributed by atoms with Crippen molar-refractivity contribution >= 4 is 22.4 Å². The van der Waals surface area contributed by atoms with Crippen LogP contribution < -0.4 is 0 Å². The molecule has 0 amide bonds. The van der Waals surface area contributed by atoms with E-state index in [4.69, 9.17) is 0 Å². The molecule has 0 aliphatic carbocycles. The number of halogens is 1. The van der Waals surface area contributed by atoms with Gasteiger partial charge in [-0.3, -0.25) is 9.79 Å². The molecule has 4 rings (SSSR count). The Balaban J connectivity index is 1.71. The van der Waals surface area contributed by atoms with Gasteiger partial charge in [0, 0.05) is 29.4 Å². The first-order valence-corrected chi connectivity index (χ1v) is 7.63. The molecule has 3 aromatic rings. The van der Waals surface area contributed by atoms with Crippen LogP contribution in [0.25, 0.3) is 22.0 Å². The van der Waals surface area contributed by atoms with E-state index in [1.54, 1.807) is 6.07 Å². The van der Waals surface area contributed by atoms with E-state index in [9.17, 15) is 9.18 Å². The molecular weight excluding hydrogens is 291 g/mol. The van der Waals surface area contributed by atoms with E-state index in [1.807, 2.05) is 36.5 Å². The normalized spacial score (nSPS) is 15.0. The van der Waals surface area contributed by atoms with Crippen LogP contribution >= 0.6 is 0 Å². The molecule has 114 valence electrons. The number of Topliss-reactive ketones (excluding diaryl/α,β-unsaturated/α-hetero) is 1. The number of carbonyl (C=O) groups is 1. The number of nitrogens with zero attached hydrogens (tertiary/aromatic N) is 1. The number of rotatable bonds is 2. The number of nitrogens with one attached hydrogen (secondary N) is 1. The lowest BCUT2D eigenvalue weighted by Gasteiger charge is -2.12. The van der Waals surface area contributed by atoms with Gasteiger partial charge in [-0.2, -0.15) is 0 Å². The number of carbonyl (C=O) groups excluding carboxylic acids is 1. The van der Waals surface area contributed by atoms with Crippen LogP contribution in [0, 0.1) is 5.82 Å². The minimum absolute atomic E-state index is 0.144. The second-order valence-corrected chi connectivity index (χ2v) is 5.78. The van der Waals surface area contributed by atoms with Gasteiger partial charge in [-0.05, 0) is 41.1 Å². The molecule has 1 N–H and O–H groups in total. The predicted octanol–water partition coefficient (Wildman–Crippen LogP) is 4.13. The van der Waals surface area contributed by atoms with Gasteiger partial charge in [-0.15, -0.1) is 0 Å². The van der Waals surface area contributed by atoms with Crippen LogP contribution in [-0.4, -0.2) is 23.0 Å². The molecule has 1 aliphatic heterocycles. The largest absolute Gasteiger partial charge is 0.361 e. The summed E-state index contributed by atoms with van der Waals surface area (Å²) in [5.41, 5.74) is 3.97. The molecule has 0 unspecified atom stereocenters. The zero-order valence-corrected chi connectivity index (χ0v) is 12.5. The smallest absolute Gasteiger partial charge is 0.154 e. The molecule has 23 heavy (non-hydrogen) atoms. The number of hydrogen-bond acceptors (Lipinski definition) is 2. The van der Waals surface area contributed by atoms with Crippen LogP contribution in [0.5, 0.6) is 0 Å². The third kappa shape index (κ3) is 2.57. The molecule has 0 spiro atoms. The standard InChI is InChI=1S/C19H15FN2O/c20-17-9-14(18-6-4-15(23)11-22-18)3-5-16(17)13-2-1-12-7-8-21-19(12)10-13/h1-3,5,7-10,21H,4,6,11H2. The van der Waals surface area contributed by atoms with Gasteiger partial charge in [0.25, 0.3) is 0 Å². The third-order valence-corrected chi connectivity index (χ3v) is 4.26. The number of aliphatic imine (C=N–C) groups is 1. The summed E-state index contributed by atoms with van der Waals surface area (Å²) >= 11 is 0. The van der Waals surface area contributed by atoms with Crippen molar-refractivity contribution in [2.24, 2.45) is 4.99 Å². The first-order chi connectivity index (χ1) is 11.2. The van der Waals surface area contributed by atoms with Gasteiger partial charge in [0.2, 0.25) is 0 Å². The van der Waals surface area contributed by atoms with Gasteiger partial charge >= 0.3 is 0 Å². The molecule has 0 saturated carbocycles. The van der Waals surface area contributed by atoms with Crippen LogP contribution in [0.15, 0.2) is 53.7 Å². The summed E-state index contributed by atoms with van der Waals surface area (Å²) in [6.45, 7) is 0.211. The summed E-state index contributed by atoms with van der Waals surface area (Å²) in [4.78, 5) is 18.6. The molecule has 0 bridgehead atoms. The van der Waals surface area contributed by atoms with Gasteiger partial charge in [-0.25, -0.2) is 4.39 Å². The minimum atomic E-state index is -0.270. The quantitative estimate of drug-likeness (QED) is 0.760. The summed E-state index contributed by atoms with van der Waals surface area (Å²) in [5, 5.41) is 1.10. The van der Waals surface area contributed by atoms with Crippen LogP contribution in [0.2, 0.25) is 0 Å². The molecule has 4 heteroatoms. The van der Waals surface area contributed by atoms with Crippen LogP contribution in [0.3, 0.4) is 0 Å². The fraction of sp³-hybridized carbons (Fsp3) is 0.158. The topological polar surface area (TPSA) is 45.2 Å². The number of hydrogen-bond donors (Lipinski definition) is 1. The van der Waals surface area contributed by atoms with Crippen LogP contribution in [0.1, 0.15) is 18.4 Å². The second-order valence-electron chi connectivity index (χ2n) is 5.78. The van der Waals surface area contributed by atoms with E-state index in [2.05, 4.69) is 9.98 Å². The number of aromatic amines is 1. The monoisotopic (exact) mass is 306 g/mol. The Morgan fingerprint density at radius 2 is 1.87 bits per heavy atom. The van der Waals surface area contributed by atoms with Crippen molar-refractivity contribution in [2.45, 2.75) is 12.8 Å². The number of aromatic nitrogens is 1. The van der Waals surface area contributed by atoms with E-state index in [1.165, 1.54) is 6.07 Å². The number of benzene rings is 2. The first kappa shape index (κ1) is 13.9. The van der Waals surface area contributed by atoms with Gasteiger partial charge in [0.05, 0.1) is 6.54 Å². The highest BCUT2D eigenvalue weighted by atomic mass is 19.1. The maximum atomic E-state index is 14.6. The van der Waals surface area contributed by atoms with Crippen molar-refractivity contribution in [1.82, 2.24) is 4.98 Å². The van der Waals surface area contributed by atoms with Gasteiger partial charge in [0.15, 0.2) is 5.78 Å². The molecular formula is C19H15FN2O. The van der Waals surface area contributed by atoms with Crippen LogP contribution in [0.4, 0.5) is 4.39 Å². The fourth-order valence-corrected chi connectivity index (χ4v) is 2.98. The summed E-state index contributed by atoms with van der Waals surface area (Å²) < 4.78 is 14.6. The average Bonchev–Trinajstić information content (AvgIpc) is 3.03. The van der Waals surface area contributed by atoms with Crippen molar-refractivity contribution in [2.75, 3.05) is 6.54 Å². The minimum Gasteiger partial charge on any atom is -0.361 e. The number of fused-ring (bicyclic) bond motifs is 1. The van der Waals surface area contributed by atoms with E-state index in [0.29, 0.717) is 18.4 Å². The summed E-state index contributed by atoms with van der Waals surface area (Å²) in [7, 11) is 0. The van der Waals surface area contributed by atoms with Gasteiger partial charge in [-0.1, -0.05) is 24.3 Å². The average molecular weight is 306 g/mol. The molecule has 2 aromatic carbocycles. The van der Waals surface area contributed by atoms with Crippen molar-refractivity contribution < 1.29 is 9.18 Å². The Labute approximate surface area is 132 Å². The maximum absolute atomic E-state index is 14.6. The van der Waals surface area contributed by atoms with Crippen molar-refractivity contribution in [3.63, 3.8) is 0 Å². The highest BCUT2D eigenvalue weighted by molar-refractivity contribution is 6.05. The maximum Gasteiger partial charge on any atom is 0.154 e. The fourth-order valence-electron chi connectivity index (χ4n) is 2.98. The summed E-state index contributed by atoms with van der Waals surface area (Å²) in [6.07, 6.45) is 2.95. The van der Waals surface area contributed by atoms with Crippen LogP contribution in [-0.2, 0) is 4.79 Å². The Morgan fingerprint density at radius 1 is 1.00 bits per heavy atom. The van der Waals surface area contributed by atoms with E-state index in [-0.39, 0.29) is 18.1 Å². The second kappa shape index (κ2) is 5.47. The van der Waals surface area contributed by atoms with Crippen molar-refractivity contribution in [1.29, 1.82) is 0 Å². The van der Waals surface area contributed by atoms with Crippen molar-refractivity contribution in [3.05, 3.63) is 60.0 Å². The highest BCUT2D eigenvalue weighted by Crippen LogP contribution is 2.27. The molecule has 0 saturated heterocycles. The molecule has 0 atom stereocenters. The zero-order chi connectivity index (χ0) is 15.8. The number of H-pyrrole nitrogens is 1. The summed E-state index contributed by atoms with van der Waals surface area (Å²) in [6, 6.07) is 13.0. The molecule has 1 aliphatic rings. The lowest BCUT2D eigenvalue weighted by atomic mass is 9.97.